The molecule has 0 spiro atoms. The molecule has 2 aromatic carbocycles. The van der Waals surface area contributed by atoms with Gasteiger partial charge in [-0.3, -0.25) is 4.79 Å². The molecular weight excluding hydrogens is 362 g/mol. The first kappa shape index (κ1) is 19.2. The fourth-order valence-corrected chi connectivity index (χ4v) is 4.05. The van der Waals surface area contributed by atoms with Gasteiger partial charge in [-0.25, -0.2) is 4.98 Å². The monoisotopic (exact) mass is 389 g/mol. The Bertz CT molecular complexity index is 1050. The number of imidazole rings is 1. The molecule has 1 saturated heterocycles. The van der Waals surface area contributed by atoms with Crippen molar-refractivity contribution in [3.05, 3.63) is 72.1 Å². The zero-order valence-corrected chi connectivity index (χ0v) is 17.1. The number of benzene rings is 2. The molecule has 0 unspecified atom stereocenters. The first-order valence-electron chi connectivity index (χ1n) is 10.1. The SMILES string of the molecule is C=CCN1C[C@@H](c2nc3ccccc3n2CCOc2cccc(C)c2C)CC1=O. The maximum atomic E-state index is 12.4. The van der Waals surface area contributed by atoms with Crippen LogP contribution in [-0.4, -0.2) is 40.1 Å². The summed E-state index contributed by atoms with van der Waals surface area (Å²) in [4.78, 5) is 19.1. The van der Waals surface area contributed by atoms with E-state index in [1.54, 1.807) is 6.08 Å². The van der Waals surface area contributed by atoms with Crippen molar-refractivity contribution in [2.45, 2.75) is 32.7 Å². The zero-order valence-electron chi connectivity index (χ0n) is 17.1. The van der Waals surface area contributed by atoms with Gasteiger partial charge in [-0.2, -0.15) is 0 Å². The van der Waals surface area contributed by atoms with Crippen molar-refractivity contribution in [2.75, 3.05) is 19.7 Å². The quantitative estimate of drug-likeness (QED) is 0.568. The highest BCUT2D eigenvalue weighted by molar-refractivity contribution is 5.81. The second kappa shape index (κ2) is 8.11. The molecule has 0 saturated carbocycles. The Labute approximate surface area is 171 Å². The van der Waals surface area contributed by atoms with Crippen LogP contribution in [0.4, 0.5) is 0 Å². The highest BCUT2D eigenvalue weighted by atomic mass is 16.5. The zero-order chi connectivity index (χ0) is 20.4. The van der Waals surface area contributed by atoms with Gasteiger partial charge in [-0.1, -0.05) is 30.3 Å². The van der Waals surface area contributed by atoms with E-state index in [4.69, 9.17) is 9.72 Å². The minimum absolute atomic E-state index is 0.0931. The van der Waals surface area contributed by atoms with Crippen molar-refractivity contribution in [2.24, 2.45) is 0 Å². The van der Waals surface area contributed by atoms with E-state index >= 15 is 0 Å². The standard InChI is InChI=1S/C24H27N3O2/c1-4-12-26-16-19(15-23(26)28)24-25-20-9-5-6-10-21(20)27(24)13-14-29-22-11-7-8-17(2)18(22)3/h4-11,19H,1,12-16H2,2-3H3/t19-/m0/s1. The molecule has 0 radical (unpaired) electrons. The molecule has 0 N–H and O–H groups in total. The average molecular weight is 389 g/mol. The molecule has 0 aliphatic carbocycles. The van der Waals surface area contributed by atoms with Gasteiger partial charge in [0.25, 0.3) is 0 Å². The van der Waals surface area contributed by atoms with Crippen LogP contribution in [0, 0.1) is 13.8 Å². The number of ether oxygens (including phenoxy) is 1. The Hall–Kier alpha value is -3.08. The van der Waals surface area contributed by atoms with Crippen LogP contribution in [-0.2, 0) is 11.3 Å². The summed E-state index contributed by atoms with van der Waals surface area (Å²) in [5, 5.41) is 0. The van der Waals surface area contributed by atoms with Crippen LogP contribution < -0.4 is 4.74 Å². The summed E-state index contributed by atoms with van der Waals surface area (Å²) in [7, 11) is 0. The molecule has 1 amide bonds. The number of para-hydroxylation sites is 2. The van der Waals surface area contributed by atoms with E-state index in [2.05, 4.69) is 37.1 Å². The fourth-order valence-electron chi connectivity index (χ4n) is 4.05. The van der Waals surface area contributed by atoms with Gasteiger partial charge in [-0.05, 0) is 43.2 Å². The lowest BCUT2D eigenvalue weighted by atomic mass is 10.1. The number of rotatable bonds is 7. The third kappa shape index (κ3) is 3.77. The summed E-state index contributed by atoms with van der Waals surface area (Å²) in [5.41, 5.74) is 4.44. The minimum atomic E-state index is 0.0931. The number of carbonyl (C=O) groups is 1. The molecule has 5 heteroatoms. The number of aryl methyl sites for hydroxylation is 1. The summed E-state index contributed by atoms with van der Waals surface area (Å²) in [6.45, 7) is 10.5. The molecule has 29 heavy (non-hydrogen) atoms. The predicted octanol–water partition coefficient (Wildman–Crippen LogP) is 4.23. The highest BCUT2D eigenvalue weighted by Crippen LogP contribution is 2.30. The maximum Gasteiger partial charge on any atom is 0.223 e. The van der Waals surface area contributed by atoms with Gasteiger partial charge < -0.3 is 14.2 Å². The summed E-state index contributed by atoms with van der Waals surface area (Å²) in [5.74, 6) is 2.15. The lowest BCUT2D eigenvalue weighted by Gasteiger charge is -2.16. The summed E-state index contributed by atoms with van der Waals surface area (Å²) >= 11 is 0. The number of amides is 1. The topological polar surface area (TPSA) is 47.4 Å². The normalized spacial score (nSPS) is 16.6. The van der Waals surface area contributed by atoms with Crippen molar-refractivity contribution in [3.63, 3.8) is 0 Å². The molecule has 1 aliphatic heterocycles. The van der Waals surface area contributed by atoms with Crippen molar-refractivity contribution >= 4 is 16.9 Å². The smallest absolute Gasteiger partial charge is 0.223 e. The van der Waals surface area contributed by atoms with Crippen LogP contribution in [0.5, 0.6) is 5.75 Å². The Morgan fingerprint density at radius 1 is 1.21 bits per heavy atom. The molecule has 1 aliphatic rings. The van der Waals surface area contributed by atoms with Crippen LogP contribution in [0.15, 0.2) is 55.1 Å². The van der Waals surface area contributed by atoms with Crippen molar-refractivity contribution < 1.29 is 9.53 Å². The Balaban J connectivity index is 1.58. The fraction of sp³-hybridized carbons (Fsp3) is 0.333. The Morgan fingerprint density at radius 3 is 2.86 bits per heavy atom. The number of nitrogens with zero attached hydrogens (tertiary/aromatic N) is 3. The van der Waals surface area contributed by atoms with Gasteiger partial charge >= 0.3 is 0 Å². The largest absolute Gasteiger partial charge is 0.491 e. The highest BCUT2D eigenvalue weighted by Gasteiger charge is 2.33. The average Bonchev–Trinajstić information content (AvgIpc) is 3.26. The molecule has 1 aromatic heterocycles. The van der Waals surface area contributed by atoms with Gasteiger partial charge in [0, 0.05) is 25.4 Å². The summed E-state index contributed by atoms with van der Waals surface area (Å²) in [6, 6.07) is 14.3. The molecule has 2 heterocycles. The van der Waals surface area contributed by atoms with E-state index < -0.39 is 0 Å². The first-order valence-corrected chi connectivity index (χ1v) is 10.1. The van der Waals surface area contributed by atoms with Gasteiger partial charge in [0.05, 0.1) is 17.6 Å². The number of aromatic nitrogens is 2. The predicted molar refractivity (Wildman–Crippen MR) is 115 cm³/mol. The third-order valence-corrected chi connectivity index (χ3v) is 5.74. The molecule has 5 nitrogen and oxygen atoms in total. The lowest BCUT2D eigenvalue weighted by molar-refractivity contribution is -0.127. The van der Waals surface area contributed by atoms with E-state index in [1.165, 1.54) is 11.1 Å². The van der Waals surface area contributed by atoms with Crippen LogP contribution in [0.2, 0.25) is 0 Å². The summed E-state index contributed by atoms with van der Waals surface area (Å²) in [6.07, 6.45) is 2.27. The number of fused-ring (bicyclic) bond motifs is 1. The number of hydrogen-bond donors (Lipinski definition) is 0. The van der Waals surface area contributed by atoms with Crippen molar-refractivity contribution in [1.82, 2.24) is 14.5 Å². The molecule has 0 bridgehead atoms. The lowest BCUT2D eigenvalue weighted by Crippen LogP contribution is -2.25. The van der Waals surface area contributed by atoms with Crippen molar-refractivity contribution in [1.29, 1.82) is 0 Å². The van der Waals surface area contributed by atoms with E-state index in [1.807, 2.05) is 35.2 Å². The van der Waals surface area contributed by atoms with Gasteiger partial charge in [0.1, 0.15) is 18.2 Å². The second-order valence-corrected chi connectivity index (χ2v) is 7.65. The van der Waals surface area contributed by atoms with E-state index in [0.717, 1.165) is 22.6 Å². The summed E-state index contributed by atoms with van der Waals surface area (Å²) < 4.78 is 8.32. The van der Waals surface area contributed by atoms with Crippen LogP contribution in [0.3, 0.4) is 0 Å². The number of hydrogen-bond acceptors (Lipinski definition) is 3. The molecule has 1 fully saturated rings. The van der Waals surface area contributed by atoms with Crippen LogP contribution in [0.25, 0.3) is 11.0 Å². The molecular formula is C24H27N3O2. The molecule has 4 rings (SSSR count). The van der Waals surface area contributed by atoms with Crippen molar-refractivity contribution in [3.8, 4) is 5.75 Å². The van der Waals surface area contributed by atoms with E-state index in [-0.39, 0.29) is 11.8 Å². The Kier molecular flexibility index (Phi) is 5.38. The molecule has 150 valence electrons. The maximum absolute atomic E-state index is 12.4. The van der Waals surface area contributed by atoms with Gasteiger partial charge in [0.15, 0.2) is 0 Å². The van der Waals surface area contributed by atoms with E-state index in [0.29, 0.717) is 32.7 Å². The molecule has 3 aromatic rings. The first-order chi connectivity index (χ1) is 14.1. The third-order valence-electron chi connectivity index (χ3n) is 5.74. The second-order valence-electron chi connectivity index (χ2n) is 7.65. The number of carbonyl (C=O) groups excluding carboxylic acids is 1. The minimum Gasteiger partial charge on any atom is -0.491 e. The molecule has 1 atom stereocenters. The van der Waals surface area contributed by atoms with Gasteiger partial charge in [0.2, 0.25) is 5.91 Å². The Morgan fingerprint density at radius 2 is 2.03 bits per heavy atom. The number of likely N-dealkylation sites (tertiary alicyclic amines) is 1. The van der Waals surface area contributed by atoms with Crippen LogP contribution in [0.1, 0.15) is 29.3 Å². The van der Waals surface area contributed by atoms with Crippen LogP contribution >= 0.6 is 0 Å². The van der Waals surface area contributed by atoms with E-state index in [9.17, 15) is 4.79 Å². The van der Waals surface area contributed by atoms with Gasteiger partial charge in [-0.15, -0.1) is 6.58 Å².